The van der Waals surface area contributed by atoms with Crippen LogP contribution in [0.4, 0.5) is 18.9 Å². The monoisotopic (exact) mass is 275 g/mol. The third-order valence-electron chi connectivity index (χ3n) is 3.08. The van der Waals surface area contributed by atoms with Crippen LogP contribution in [0.2, 0.25) is 0 Å². The van der Waals surface area contributed by atoms with Gasteiger partial charge in [-0.05, 0) is 30.9 Å². The quantitative estimate of drug-likeness (QED) is 0.791. The molecule has 1 N–H and O–H groups in total. The minimum Gasteiger partial charge on any atom is -0.384 e. The number of hydrogen-bond donors (Lipinski definition) is 1. The van der Waals surface area contributed by atoms with Gasteiger partial charge in [0.25, 0.3) is 0 Å². The molecule has 5 heteroatoms. The molecule has 1 nitrogen and oxygen atoms in total. The van der Waals surface area contributed by atoms with Crippen LogP contribution in [0, 0.1) is 5.92 Å². The van der Waals surface area contributed by atoms with Crippen LogP contribution in [0.3, 0.4) is 0 Å². The number of anilines is 1. The van der Waals surface area contributed by atoms with E-state index in [0.717, 1.165) is 24.0 Å². The number of alkyl halides is 3. The molecule has 0 unspecified atom stereocenters. The third-order valence-corrected chi connectivity index (χ3v) is 4.22. The summed E-state index contributed by atoms with van der Waals surface area (Å²) in [5, 5.41) is 3.26. The van der Waals surface area contributed by atoms with Gasteiger partial charge in [0.1, 0.15) is 0 Å². The predicted molar refractivity (Wildman–Crippen MR) is 69.1 cm³/mol. The Labute approximate surface area is 109 Å². The highest BCUT2D eigenvalue weighted by molar-refractivity contribution is 7.99. The van der Waals surface area contributed by atoms with E-state index in [1.54, 1.807) is 12.1 Å². The normalized spacial score (nSPS) is 16.4. The molecule has 0 aromatic heterocycles. The lowest BCUT2D eigenvalue weighted by Crippen LogP contribution is -2.21. The molecule has 0 aliphatic heterocycles. The lowest BCUT2D eigenvalue weighted by Gasteiger charge is -2.26. The zero-order valence-electron chi connectivity index (χ0n) is 9.96. The van der Waals surface area contributed by atoms with E-state index in [0.29, 0.717) is 10.8 Å². The zero-order chi connectivity index (χ0) is 13.0. The second-order valence-corrected chi connectivity index (χ2v) is 5.60. The van der Waals surface area contributed by atoms with E-state index in [2.05, 4.69) is 5.32 Å². The van der Waals surface area contributed by atoms with Crippen LogP contribution in [-0.2, 0) is 0 Å². The predicted octanol–water partition coefficient (Wildman–Crippen LogP) is 4.55. The van der Waals surface area contributed by atoms with E-state index in [9.17, 15) is 13.2 Å². The first-order valence-electron chi connectivity index (χ1n) is 6.07. The maximum absolute atomic E-state index is 12.2. The summed E-state index contributed by atoms with van der Waals surface area (Å²) in [6.07, 6.45) is -0.391. The Morgan fingerprint density at radius 1 is 1.22 bits per heavy atom. The average Bonchev–Trinajstić information content (AvgIpc) is 2.24. The minimum absolute atomic E-state index is 0.675. The molecule has 0 atom stereocenters. The maximum atomic E-state index is 12.2. The number of thioether (sulfide) groups is 1. The highest BCUT2D eigenvalue weighted by Crippen LogP contribution is 2.33. The van der Waals surface area contributed by atoms with E-state index >= 15 is 0 Å². The molecule has 0 saturated heterocycles. The first-order valence-corrected chi connectivity index (χ1v) is 7.05. The largest absolute Gasteiger partial charge is 0.398 e. The molecule has 0 radical (unpaired) electrons. The second-order valence-electron chi connectivity index (χ2n) is 4.58. The van der Waals surface area contributed by atoms with Crippen molar-refractivity contribution in [2.75, 3.05) is 17.6 Å². The summed E-state index contributed by atoms with van der Waals surface area (Å²) < 4.78 is 36.6. The SMILES string of the molecule is FC(F)(F)CSc1ccccc1NCC1CCC1. The Kier molecular flexibility index (Phi) is 4.43. The summed E-state index contributed by atoms with van der Waals surface area (Å²) in [4.78, 5) is 0.675. The molecule has 1 aromatic carbocycles. The molecule has 1 aromatic rings. The summed E-state index contributed by atoms with van der Waals surface area (Å²) in [6, 6.07) is 7.20. The number of rotatable bonds is 5. The fourth-order valence-corrected chi connectivity index (χ4v) is 2.64. The number of nitrogens with one attached hydrogen (secondary N) is 1. The molecular formula is C13H16F3NS. The molecule has 18 heavy (non-hydrogen) atoms. The molecule has 1 saturated carbocycles. The number of halogens is 3. The van der Waals surface area contributed by atoms with Crippen LogP contribution in [-0.4, -0.2) is 18.5 Å². The van der Waals surface area contributed by atoms with Crippen molar-refractivity contribution in [3.63, 3.8) is 0 Å². The summed E-state index contributed by atoms with van der Waals surface area (Å²) in [5.41, 5.74) is 0.818. The number of para-hydroxylation sites is 1. The van der Waals surface area contributed by atoms with Gasteiger partial charge in [0.2, 0.25) is 0 Å². The van der Waals surface area contributed by atoms with E-state index < -0.39 is 11.9 Å². The van der Waals surface area contributed by atoms with Crippen LogP contribution >= 0.6 is 11.8 Å². The van der Waals surface area contributed by atoms with Crippen molar-refractivity contribution in [1.82, 2.24) is 0 Å². The van der Waals surface area contributed by atoms with Crippen LogP contribution in [0.5, 0.6) is 0 Å². The smallest absolute Gasteiger partial charge is 0.384 e. The van der Waals surface area contributed by atoms with Gasteiger partial charge in [-0.1, -0.05) is 18.6 Å². The summed E-state index contributed by atoms with van der Waals surface area (Å²) >= 11 is 0.844. The molecule has 2 rings (SSSR count). The number of hydrogen-bond acceptors (Lipinski definition) is 2. The third kappa shape index (κ3) is 4.12. The van der Waals surface area contributed by atoms with E-state index in [-0.39, 0.29) is 0 Å². The average molecular weight is 275 g/mol. The molecule has 1 fully saturated rings. The van der Waals surface area contributed by atoms with Crippen molar-refractivity contribution < 1.29 is 13.2 Å². The van der Waals surface area contributed by atoms with Crippen LogP contribution in [0.15, 0.2) is 29.2 Å². The standard InChI is InChI=1S/C13H16F3NS/c14-13(15,16)9-18-12-7-2-1-6-11(12)17-8-10-4-3-5-10/h1-2,6-7,10,17H,3-5,8-9H2. The van der Waals surface area contributed by atoms with Gasteiger partial charge >= 0.3 is 6.18 Å². The lowest BCUT2D eigenvalue weighted by atomic mass is 9.85. The highest BCUT2D eigenvalue weighted by atomic mass is 32.2. The zero-order valence-corrected chi connectivity index (χ0v) is 10.8. The summed E-state index contributed by atoms with van der Waals surface area (Å²) in [5.74, 6) is -0.152. The van der Waals surface area contributed by atoms with Crippen molar-refractivity contribution >= 4 is 17.4 Å². The topological polar surface area (TPSA) is 12.0 Å². The van der Waals surface area contributed by atoms with Crippen LogP contribution in [0.1, 0.15) is 19.3 Å². The summed E-state index contributed by atoms with van der Waals surface area (Å²) in [6.45, 7) is 0.865. The fourth-order valence-electron chi connectivity index (χ4n) is 1.85. The van der Waals surface area contributed by atoms with E-state index in [4.69, 9.17) is 0 Å². The van der Waals surface area contributed by atoms with Crippen molar-refractivity contribution in [2.24, 2.45) is 5.92 Å². The van der Waals surface area contributed by atoms with Gasteiger partial charge in [-0.3, -0.25) is 0 Å². The molecular weight excluding hydrogens is 259 g/mol. The molecule has 1 aliphatic rings. The molecule has 0 amide bonds. The Morgan fingerprint density at radius 2 is 1.94 bits per heavy atom. The lowest BCUT2D eigenvalue weighted by molar-refractivity contribution is -0.105. The van der Waals surface area contributed by atoms with Crippen LogP contribution in [0.25, 0.3) is 0 Å². The van der Waals surface area contributed by atoms with Gasteiger partial charge in [0.05, 0.1) is 5.75 Å². The molecule has 0 bridgehead atoms. The summed E-state index contributed by atoms with van der Waals surface area (Å²) in [7, 11) is 0. The van der Waals surface area contributed by atoms with Crippen molar-refractivity contribution in [1.29, 1.82) is 0 Å². The van der Waals surface area contributed by atoms with Gasteiger partial charge in [0, 0.05) is 17.1 Å². The van der Waals surface area contributed by atoms with Gasteiger partial charge in [-0.2, -0.15) is 13.2 Å². The Bertz CT molecular complexity index is 388. The fraction of sp³-hybridized carbons (Fsp3) is 0.538. The van der Waals surface area contributed by atoms with Crippen molar-refractivity contribution in [3.8, 4) is 0 Å². The first kappa shape index (κ1) is 13.6. The van der Waals surface area contributed by atoms with Gasteiger partial charge in [-0.25, -0.2) is 0 Å². The Balaban J connectivity index is 1.91. The van der Waals surface area contributed by atoms with Gasteiger partial charge < -0.3 is 5.32 Å². The van der Waals surface area contributed by atoms with Gasteiger partial charge in [0.15, 0.2) is 0 Å². The Morgan fingerprint density at radius 3 is 2.56 bits per heavy atom. The molecule has 0 heterocycles. The second kappa shape index (κ2) is 5.87. The van der Waals surface area contributed by atoms with Crippen molar-refractivity contribution in [2.45, 2.75) is 30.3 Å². The van der Waals surface area contributed by atoms with Crippen LogP contribution < -0.4 is 5.32 Å². The van der Waals surface area contributed by atoms with Crippen molar-refractivity contribution in [3.05, 3.63) is 24.3 Å². The maximum Gasteiger partial charge on any atom is 0.398 e. The molecule has 0 spiro atoms. The van der Waals surface area contributed by atoms with Gasteiger partial charge in [-0.15, -0.1) is 11.8 Å². The minimum atomic E-state index is -4.12. The highest BCUT2D eigenvalue weighted by Gasteiger charge is 2.27. The Hall–Kier alpha value is -0.840. The molecule has 1 aliphatic carbocycles. The van der Waals surface area contributed by atoms with E-state index in [1.807, 2.05) is 12.1 Å². The first-order chi connectivity index (χ1) is 8.54. The molecule has 100 valence electrons. The number of benzene rings is 1. The van der Waals surface area contributed by atoms with E-state index in [1.165, 1.54) is 19.3 Å².